The van der Waals surface area contributed by atoms with Gasteiger partial charge in [0, 0.05) is 24.1 Å². The monoisotopic (exact) mass is 463 g/mol. The lowest BCUT2D eigenvalue weighted by Gasteiger charge is -2.14. The molecule has 0 saturated carbocycles. The minimum atomic E-state index is -3.72. The third-order valence-electron chi connectivity index (χ3n) is 5.08. The fraction of sp³-hybridized carbons (Fsp3) is 0.208. The maximum Gasteiger partial charge on any atom is 0.262 e. The largest absolute Gasteiger partial charge is 0.439 e. The summed E-state index contributed by atoms with van der Waals surface area (Å²) in [6.07, 6.45) is 3.52. The maximum atomic E-state index is 13.0. The zero-order chi connectivity index (χ0) is 23.8. The maximum absolute atomic E-state index is 13.0. The molecule has 0 radical (unpaired) electrons. The number of nitrogens with zero attached hydrogens (tertiary/aromatic N) is 4. The van der Waals surface area contributed by atoms with Gasteiger partial charge in [0.1, 0.15) is 23.2 Å². The number of anilines is 1. The van der Waals surface area contributed by atoms with Gasteiger partial charge >= 0.3 is 0 Å². The van der Waals surface area contributed by atoms with Crippen molar-refractivity contribution in [1.82, 2.24) is 19.5 Å². The number of nitrogens with one attached hydrogen (secondary N) is 1. The minimum absolute atomic E-state index is 0.298. The van der Waals surface area contributed by atoms with E-state index in [1.807, 2.05) is 36.7 Å². The Bertz CT molecular complexity index is 1400. The first-order valence-corrected chi connectivity index (χ1v) is 11.9. The van der Waals surface area contributed by atoms with Gasteiger partial charge in [0.2, 0.25) is 5.88 Å². The molecular formula is C24H25N5O3S. The van der Waals surface area contributed by atoms with Crippen LogP contribution in [0.15, 0.2) is 59.8 Å². The zero-order valence-electron chi connectivity index (χ0n) is 19.1. The van der Waals surface area contributed by atoms with Crippen LogP contribution in [0.4, 0.5) is 5.69 Å². The van der Waals surface area contributed by atoms with Crippen LogP contribution in [0.5, 0.6) is 11.6 Å². The van der Waals surface area contributed by atoms with Crippen molar-refractivity contribution in [1.29, 1.82) is 0 Å². The molecule has 170 valence electrons. The van der Waals surface area contributed by atoms with Gasteiger partial charge in [-0.05, 0) is 70.0 Å². The summed E-state index contributed by atoms with van der Waals surface area (Å²) in [6.45, 7) is 9.22. The van der Waals surface area contributed by atoms with Crippen LogP contribution in [0, 0.1) is 34.6 Å². The van der Waals surface area contributed by atoms with Gasteiger partial charge in [-0.15, -0.1) is 0 Å². The fourth-order valence-electron chi connectivity index (χ4n) is 3.83. The second kappa shape index (κ2) is 8.67. The van der Waals surface area contributed by atoms with E-state index < -0.39 is 10.0 Å². The number of ether oxygens (including phenoxy) is 1. The number of sulfonamides is 1. The van der Waals surface area contributed by atoms with Gasteiger partial charge in [-0.2, -0.15) is 4.98 Å². The highest BCUT2D eigenvalue weighted by molar-refractivity contribution is 7.92. The molecule has 2 aromatic carbocycles. The van der Waals surface area contributed by atoms with Crippen molar-refractivity contribution in [3.05, 3.63) is 83.2 Å². The molecule has 0 bridgehead atoms. The lowest BCUT2D eigenvalue weighted by atomic mass is 10.1. The Balaban J connectivity index is 1.54. The number of aryl methyl sites for hydroxylation is 5. The second-order valence-corrected chi connectivity index (χ2v) is 9.54. The molecule has 8 nitrogen and oxygen atoms in total. The Labute approximate surface area is 193 Å². The molecule has 0 amide bonds. The summed E-state index contributed by atoms with van der Waals surface area (Å²) in [6, 6.07) is 12.1. The van der Waals surface area contributed by atoms with Crippen molar-refractivity contribution in [2.75, 3.05) is 4.72 Å². The SMILES string of the molecule is Cc1cc(C)c(S(=O)(=O)Nc2ccc(Oc3cc(-n4ccnc4C)nc(C)n3)cc2)c(C)c1. The van der Waals surface area contributed by atoms with Crippen LogP contribution in [-0.2, 0) is 10.0 Å². The number of imidazole rings is 1. The summed E-state index contributed by atoms with van der Waals surface area (Å²) in [5.41, 5.74) is 2.89. The van der Waals surface area contributed by atoms with Gasteiger partial charge in [-0.1, -0.05) is 17.7 Å². The molecule has 0 unspecified atom stereocenters. The molecule has 4 rings (SSSR count). The van der Waals surface area contributed by atoms with Crippen molar-refractivity contribution in [3.8, 4) is 17.4 Å². The third-order valence-corrected chi connectivity index (χ3v) is 6.76. The number of rotatable bonds is 6. The summed E-state index contributed by atoms with van der Waals surface area (Å²) in [5, 5.41) is 0. The van der Waals surface area contributed by atoms with Crippen LogP contribution < -0.4 is 9.46 Å². The molecule has 0 aliphatic carbocycles. The van der Waals surface area contributed by atoms with Crippen molar-refractivity contribution in [2.24, 2.45) is 0 Å². The Kier molecular flexibility index (Phi) is 5.90. The molecule has 0 aliphatic rings. The van der Waals surface area contributed by atoms with Crippen LogP contribution in [0.25, 0.3) is 5.82 Å². The summed E-state index contributed by atoms with van der Waals surface area (Å²) in [4.78, 5) is 13.3. The van der Waals surface area contributed by atoms with Crippen LogP contribution in [0.2, 0.25) is 0 Å². The quantitative estimate of drug-likeness (QED) is 0.441. The molecule has 0 atom stereocenters. The highest BCUT2D eigenvalue weighted by atomic mass is 32.2. The normalized spacial score (nSPS) is 11.4. The molecule has 33 heavy (non-hydrogen) atoms. The lowest BCUT2D eigenvalue weighted by Crippen LogP contribution is -2.15. The molecule has 0 aliphatic heterocycles. The Morgan fingerprint density at radius 1 is 0.909 bits per heavy atom. The fourth-order valence-corrected chi connectivity index (χ4v) is 5.34. The molecule has 0 fully saturated rings. The predicted octanol–water partition coefficient (Wildman–Crippen LogP) is 4.80. The van der Waals surface area contributed by atoms with Crippen LogP contribution in [-0.4, -0.2) is 27.9 Å². The number of hydrogen-bond acceptors (Lipinski definition) is 6. The van der Waals surface area contributed by atoms with E-state index in [0.717, 1.165) is 11.4 Å². The first-order chi connectivity index (χ1) is 15.6. The molecule has 9 heteroatoms. The minimum Gasteiger partial charge on any atom is -0.439 e. The van der Waals surface area contributed by atoms with Gasteiger partial charge in [0.15, 0.2) is 0 Å². The highest BCUT2D eigenvalue weighted by Gasteiger charge is 2.20. The number of benzene rings is 2. The Morgan fingerprint density at radius 3 is 2.18 bits per heavy atom. The summed E-state index contributed by atoms with van der Waals surface area (Å²) in [7, 11) is -3.72. The Morgan fingerprint density at radius 2 is 1.58 bits per heavy atom. The van der Waals surface area contributed by atoms with Gasteiger partial charge in [-0.25, -0.2) is 18.4 Å². The standard InChI is InChI=1S/C24H25N5O3S/c1-15-12-16(2)24(17(3)13-15)33(30,31)28-20-6-8-21(9-7-20)32-23-14-22(26-18(4)27-23)29-11-10-25-19(29)5/h6-14,28H,1-5H3. The molecule has 0 saturated heterocycles. The van der Waals surface area contributed by atoms with Gasteiger partial charge in [-0.3, -0.25) is 9.29 Å². The summed E-state index contributed by atoms with van der Waals surface area (Å²) < 4.78 is 36.3. The van der Waals surface area contributed by atoms with E-state index in [0.29, 0.717) is 45.0 Å². The van der Waals surface area contributed by atoms with Gasteiger partial charge in [0.05, 0.1) is 4.90 Å². The summed E-state index contributed by atoms with van der Waals surface area (Å²) >= 11 is 0. The molecule has 0 spiro atoms. The average Bonchev–Trinajstić information content (AvgIpc) is 3.14. The molecule has 4 aromatic rings. The van der Waals surface area contributed by atoms with E-state index in [9.17, 15) is 8.42 Å². The number of hydrogen-bond donors (Lipinski definition) is 1. The van der Waals surface area contributed by atoms with E-state index in [1.165, 1.54) is 0 Å². The van der Waals surface area contributed by atoms with Crippen LogP contribution in [0.3, 0.4) is 0 Å². The third kappa shape index (κ3) is 4.88. The van der Waals surface area contributed by atoms with Crippen molar-refractivity contribution >= 4 is 15.7 Å². The molecule has 1 N–H and O–H groups in total. The predicted molar refractivity (Wildman–Crippen MR) is 127 cm³/mol. The second-order valence-electron chi connectivity index (χ2n) is 7.92. The van der Waals surface area contributed by atoms with E-state index in [4.69, 9.17) is 4.74 Å². The smallest absolute Gasteiger partial charge is 0.262 e. The van der Waals surface area contributed by atoms with Crippen molar-refractivity contribution < 1.29 is 13.2 Å². The average molecular weight is 464 g/mol. The van der Waals surface area contributed by atoms with E-state index in [-0.39, 0.29) is 0 Å². The lowest BCUT2D eigenvalue weighted by molar-refractivity contribution is 0.459. The number of aromatic nitrogens is 4. The topological polar surface area (TPSA) is 99.0 Å². The van der Waals surface area contributed by atoms with Crippen LogP contribution >= 0.6 is 0 Å². The van der Waals surface area contributed by atoms with E-state index in [1.54, 1.807) is 57.3 Å². The highest BCUT2D eigenvalue weighted by Crippen LogP contribution is 2.27. The zero-order valence-corrected chi connectivity index (χ0v) is 19.9. The van der Waals surface area contributed by atoms with Crippen molar-refractivity contribution in [3.63, 3.8) is 0 Å². The van der Waals surface area contributed by atoms with Gasteiger partial charge < -0.3 is 4.74 Å². The molecule has 2 heterocycles. The van der Waals surface area contributed by atoms with E-state index in [2.05, 4.69) is 19.7 Å². The first-order valence-electron chi connectivity index (χ1n) is 10.4. The molecular weight excluding hydrogens is 438 g/mol. The molecule has 2 aromatic heterocycles. The first kappa shape index (κ1) is 22.5. The Hall–Kier alpha value is -3.72. The summed E-state index contributed by atoms with van der Waals surface area (Å²) in [5.74, 6) is 2.91. The van der Waals surface area contributed by atoms with Crippen molar-refractivity contribution in [2.45, 2.75) is 39.5 Å². The van der Waals surface area contributed by atoms with E-state index >= 15 is 0 Å². The van der Waals surface area contributed by atoms with Crippen LogP contribution in [0.1, 0.15) is 28.3 Å². The van der Waals surface area contributed by atoms with Gasteiger partial charge in [0.25, 0.3) is 10.0 Å².